The summed E-state index contributed by atoms with van der Waals surface area (Å²) in [5, 5.41) is 10.1. The van der Waals surface area contributed by atoms with Gasteiger partial charge >= 0.3 is 0 Å². The molecule has 0 bridgehead atoms. The van der Waals surface area contributed by atoms with Crippen LogP contribution in [-0.4, -0.2) is 9.13 Å². The lowest BCUT2D eigenvalue weighted by atomic mass is 10.00. The SMILES string of the molecule is c1ccc(-c2ccc(N(c3ccc(-c4ccc5ccccc5c4)cc3)c3cccc(-c4cccc5c4sc4c6ccccc6n(-c6ccccc6)c54)c3)cc2)cc1.c1ccc(N(c2ccc(-c3ccc4ccccc4c3)cc2)c2cccc(-c3cccc4c3sc3c5ccccc5n(-c5ccccc5)c43)c2)cc1. The molecule has 21 aromatic rings. The highest BCUT2D eigenvalue weighted by atomic mass is 32.1. The molecule has 21 rings (SSSR count). The summed E-state index contributed by atoms with van der Waals surface area (Å²) in [4.78, 5) is 4.74. The molecule has 0 unspecified atom stereocenters. The predicted molar refractivity (Wildman–Crippen MR) is 464 cm³/mol. The number of rotatable bonds is 13. The van der Waals surface area contributed by atoms with Gasteiger partial charge in [0.15, 0.2) is 0 Å². The average molecular weight is 1410 g/mol. The maximum Gasteiger partial charge on any atom is 0.0727 e. The smallest absolute Gasteiger partial charge is 0.0727 e. The zero-order chi connectivity index (χ0) is 71.4. The average Bonchev–Trinajstić information content (AvgIpc) is 1.56. The van der Waals surface area contributed by atoms with Gasteiger partial charge in [0.2, 0.25) is 0 Å². The molecule has 0 fully saturated rings. The first kappa shape index (κ1) is 64.0. The molecule has 0 aliphatic rings. The number of thiophene rings is 2. The second kappa shape index (κ2) is 27.5. The van der Waals surface area contributed by atoms with Gasteiger partial charge in [-0.15, -0.1) is 22.7 Å². The molecule has 0 N–H and O–H groups in total. The minimum atomic E-state index is 1.10. The Bertz CT molecular complexity index is 6900. The van der Waals surface area contributed by atoms with Gasteiger partial charge in [-0.3, -0.25) is 0 Å². The zero-order valence-electron chi connectivity index (χ0n) is 58.9. The summed E-state index contributed by atoms with van der Waals surface area (Å²) in [6.45, 7) is 0. The Morgan fingerprint density at radius 2 is 0.491 bits per heavy atom. The van der Waals surface area contributed by atoms with E-state index in [1.54, 1.807) is 0 Å². The third-order valence-corrected chi connectivity index (χ3v) is 23.7. The Hall–Kier alpha value is -13.6. The molecule has 4 heterocycles. The number of benzene rings is 17. The molecule has 0 atom stereocenters. The molecule has 508 valence electrons. The van der Waals surface area contributed by atoms with E-state index in [-0.39, 0.29) is 0 Å². The first-order valence-corrected chi connectivity index (χ1v) is 38.4. The zero-order valence-corrected chi connectivity index (χ0v) is 60.5. The number of nitrogens with zero attached hydrogens (tertiary/aromatic N) is 4. The topological polar surface area (TPSA) is 16.3 Å². The molecule has 0 aliphatic heterocycles. The van der Waals surface area contributed by atoms with Gasteiger partial charge in [0, 0.05) is 76.4 Å². The molecular weight excluding hydrogens is 1350 g/mol. The van der Waals surface area contributed by atoms with Crippen LogP contribution < -0.4 is 9.80 Å². The van der Waals surface area contributed by atoms with E-state index in [4.69, 9.17) is 0 Å². The van der Waals surface area contributed by atoms with Crippen LogP contribution in [0.2, 0.25) is 0 Å². The van der Waals surface area contributed by atoms with Gasteiger partial charge in [-0.1, -0.05) is 291 Å². The van der Waals surface area contributed by atoms with E-state index < -0.39 is 0 Å². The van der Waals surface area contributed by atoms with E-state index >= 15 is 0 Å². The summed E-state index contributed by atoms with van der Waals surface area (Å²) in [5.41, 5.74) is 26.2. The van der Waals surface area contributed by atoms with Crippen LogP contribution in [0.15, 0.2) is 413 Å². The molecule has 17 aromatic carbocycles. The van der Waals surface area contributed by atoms with E-state index in [2.05, 4.69) is 431 Å². The fourth-order valence-corrected chi connectivity index (χ4v) is 18.7. The van der Waals surface area contributed by atoms with E-state index in [1.807, 2.05) is 22.7 Å². The first-order chi connectivity index (χ1) is 53.6. The summed E-state index contributed by atoms with van der Waals surface area (Å²) < 4.78 is 10.1. The lowest BCUT2D eigenvalue weighted by Gasteiger charge is -2.26. The van der Waals surface area contributed by atoms with Gasteiger partial charge in [-0.2, -0.15) is 0 Å². The van der Waals surface area contributed by atoms with Gasteiger partial charge in [0.25, 0.3) is 0 Å². The number of hydrogen-bond acceptors (Lipinski definition) is 4. The highest BCUT2D eigenvalue weighted by molar-refractivity contribution is 7.27. The minimum Gasteiger partial charge on any atom is -0.310 e. The van der Waals surface area contributed by atoms with Crippen LogP contribution in [0.1, 0.15) is 0 Å². The largest absolute Gasteiger partial charge is 0.310 e. The van der Waals surface area contributed by atoms with Crippen LogP contribution in [0, 0.1) is 0 Å². The predicted octanol–water partition coefficient (Wildman–Crippen LogP) is 29.6. The van der Waals surface area contributed by atoms with Gasteiger partial charge in [-0.25, -0.2) is 0 Å². The van der Waals surface area contributed by atoms with Crippen molar-refractivity contribution in [1.29, 1.82) is 0 Å². The molecule has 6 heteroatoms. The van der Waals surface area contributed by atoms with Crippen molar-refractivity contribution in [1.82, 2.24) is 9.13 Å². The quantitative estimate of drug-likeness (QED) is 0.114. The van der Waals surface area contributed by atoms with Crippen LogP contribution in [0.5, 0.6) is 0 Å². The Balaban J connectivity index is 0.000000143. The van der Waals surface area contributed by atoms with Crippen molar-refractivity contribution < 1.29 is 0 Å². The van der Waals surface area contributed by atoms with Crippen LogP contribution in [0.25, 0.3) is 151 Å². The Labute approximate surface area is 634 Å². The standard InChI is InChI=1S/C54H36N2S.C48H32N2S/c1-3-13-37(14-4-1)39-27-31-45(32-28-39)55(46-33-29-40(30-34-46)42-26-25-38-15-7-8-16-41(38)35-42)47-20-11-17-43(36-47)48-22-12-23-50-52-54(57-53(48)50)49-21-9-10-24-51(49)56(52)44-18-5-2-6-19-44;1-3-16-38(17-4-1)49(40-29-27-34(28-30-40)36-26-25-33-13-7-8-14-35(33)31-36)41-20-11-15-37(32-41)42-22-12-23-44-46-48(51-47(42)44)43-21-9-10-24-45(43)50(46)39-18-5-2-6-19-39/h1-36H;1-32H. The van der Waals surface area contributed by atoms with Crippen molar-refractivity contribution in [2.75, 3.05) is 9.80 Å². The van der Waals surface area contributed by atoms with Gasteiger partial charge in [0.05, 0.1) is 31.5 Å². The van der Waals surface area contributed by atoms with Crippen LogP contribution in [-0.2, 0) is 0 Å². The molecule has 0 saturated carbocycles. The monoisotopic (exact) mass is 1410 g/mol. The third-order valence-electron chi connectivity index (χ3n) is 21.1. The number of fused-ring (bicyclic) bond motifs is 12. The molecule has 0 aliphatic carbocycles. The van der Waals surface area contributed by atoms with Gasteiger partial charge in [0.1, 0.15) is 0 Å². The van der Waals surface area contributed by atoms with Crippen molar-refractivity contribution >= 4 is 141 Å². The number of anilines is 6. The first-order valence-electron chi connectivity index (χ1n) is 36.8. The molecule has 0 spiro atoms. The second-order valence-electron chi connectivity index (χ2n) is 27.5. The fourth-order valence-electron chi connectivity index (χ4n) is 16.0. The lowest BCUT2D eigenvalue weighted by molar-refractivity contribution is 1.19. The molecule has 4 aromatic heterocycles. The normalized spacial score (nSPS) is 11.5. The van der Waals surface area contributed by atoms with Crippen molar-refractivity contribution in [2.24, 2.45) is 0 Å². The highest BCUT2D eigenvalue weighted by Gasteiger charge is 2.24. The number of para-hydroxylation sites is 5. The number of aromatic nitrogens is 2. The Kier molecular flexibility index (Phi) is 16.3. The molecular formula is C102H68N4S2. The maximum absolute atomic E-state index is 2.44. The Morgan fingerprint density at radius 1 is 0.185 bits per heavy atom. The number of hydrogen-bond donors (Lipinski definition) is 0. The summed E-state index contributed by atoms with van der Waals surface area (Å²) in [5.74, 6) is 0. The second-order valence-corrected chi connectivity index (χ2v) is 29.6. The van der Waals surface area contributed by atoms with E-state index in [0.717, 1.165) is 34.1 Å². The van der Waals surface area contributed by atoms with E-state index in [0.29, 0.717) is 0 Å². The summed E-state index contributed by atoms with van der Waals surface area (Å²) >= 11 is 3.80. The molecule has 0 saturated heterocycles. The van der Waals surface area contributed by atoms with Crippen molar-refractivity contribution in [3.8, 4) is 67.0 Å². The summed E-state index contributed by atoms with van der Waals surface area (Å²) in [6.07, 6.45) is 0. The maximum atomic E-state index is 2.44. The highest BCUT2D eigenvalue weighted by Crippen LogP contribution is 2.50. The summed E-state index contributed by atoms with van der Waals surface area (Å²) in [7, 11) is 0. The van der Waals surface area contributed by atoms with Crippen LogP contribution >= 0.6 is 22.7 Å². The fraction of sp³-hybridized carbons (Fsp3) is 0. The molecule has 0 amide bonds. The summed E-state index contributed by atoms with van der Waals surface area (Å²) in [6, 6.07) is 149. The van der Waals surface area contributed by atoms with E-state index in [9.17, 15) is 0 Å². The third kappa shape index (κ3) is 11.6. The van der Waals surface area contributed by atoms with Crippen LogP contribution in [0.4, 0.5) is 34.1 Å². The Morgan fingerprint density at radius 3 is 0.926 bits per heavy atom. The van der Waals surface area contributed by atoms with Gasteiger partial charge < -0.3 is 18.9 Å². The molecule has 108 heavy (non-hydrogen) atoms. The molecule has 0 radical (unpaired) electrons. The van der Waals surface area contributed by atoms with E-state index in [1.165, 1.54) is 151 Å². The van der Waals surface area contributed by atoms with Crippen molar-refractivity contribution in [2.45, 2.75) is 0 Å². The van der Waals surface area contributed by atoms with Crippen molar-refractivity contribution in [3.05, 3.63) is 413 Å². The van der Waals surface area contributed by atoms with Gasteiger partial charge in [-0.05, 0) is 199 Å². The lowest BCUT2D eigenvalue weighted by Crippen LogP contribution is -2.10. The van der Waals surface area contributed by atoms with Crippen molar-refractivity contribution in [3.63, 3.8) is 0 Å². The molecule has 4 nitrogen and oxygen atoms in total. The van der Waals surface area contributed by atoms with Crippen LogP contribution in [0.3, 0.4) is 0 Å². The minimum absolute atomic E-state index is 1.10.